The number of hydrogen-bond acceptors (Lipinski definition) is 10. The highest BCUT2D eigenvalue weighted by molar-refractivity contribution is 7.94. The van der Waals surface area contributed by atoms with Crippen LogP contribution in [0.5, 0.6) is 0 Å². The van der Waals surface area contributed by atoms with Crippen LogP contribution >= 0.6 is 0 Å². The smallest absolute Gasteiger partial charge is 0.305 e. The molecule has 3 rings (SSSR count). The van der Waals surface area contributed by atoms with Gasteiger partial charge in [-0.05, 0) is 35.3 Å². The lowest BCUT2D eigenvalue weighted by Crippen LogP contribution is -2.56. The maximum absolute atomic E-state index is 13.8. The van der Waals surface area contributed by atoms with E-state index in [4.69, 9.17) is 4.74 Å². The zero-order valence-corrected chi connectivity index (χ0v) is 29.2. The number of aliphatic carboxylic acids is 2. The van der Waals surface area contributed by atoms with Crippen molar-refractivity contribution in [2.45, 2.75) is 68.8 Å². The van der Waals surface area contributed by atoms with Crippen LogP contribution in [0.1, 0.15) is 43.9 Å². The molecule has 0 saturated heterocycles. The van der Waals surface area contributed by atoms with Gasteiger partial charge in [0.15, 0.2) is 9.84 Å². The highest BCUT2D eigenvalue weighted by atomic mass is 32.2. The third-order valence-electron chi connectivity index (χ3n) is 7.50. The second-order valence-electron chi connectivity index (χ2n) is 11.9. The lowest BCUT2D eigenvalue weighted by molar-refractivity contribution is -0.151. The van der Waals surface area contributed by atoms with Crippen LogP contribution in [0.3, 0.4) is 0 Å². The van der Waals surface area contributed by atoms with Gasteiger partial charge >= 0.3 is 11.9 Å². The molecule has 0 fully saturated rings. The average molecular weight is 739 g/mol. The first kappa shape index (κ1) is 41.0. The van der Waals surface area contributed by atoms with Gasteiger partial charge in [0.2, 0.25) is 24.1 Å². The normalized spacial score (nSPS) is 14.5. The number of aliphatic hydroxyl groups excluding tert-OH is 1. The van der Waals surface area contributed by atoms with Crippen LogP contribution in [-0.4, -0.2) is 77.9 Å². The molecular formula is C36H42N4O11S. The molecule has 0 spiro atoms. The minimum Gasteiger partial charge on any atom is -0.481 e. The number of sulfone groups is 1. The highest BCUT2D eigenvalue weighted by Crippen LogP contribution is 2.17. The molecule has 7 N–H and O–H groups in total. The molecule has 0 aliphatic carbocycles. The van der Waals surface area contributed by atoms with Crippen LogP contribution in [0.2, 0.25) is 0 Å². The maximum Gasteiger partial charge on any atom is 0.305 e. The first-order valence-electron chi connectivity index (χ1n) is 16.1. The number of ether oxygens (including phenoxy) is 1. The number of benzene rings is 3. The number of aliphatic hydroxyl groups is 1. The van der Waals surface area contributed by atoms with E-state index >= 15 is 0 Å². The van der Waals surface area contributed by atoms with Crippen molar-refractivity contribution < 1.29 is 52.4 Å². The molecule has 3 aromatic carbocycles. The van der Waals surface area contributed by atoms with Gasteiger partial charge in [0, 0.05) is 5.41 Å². The zero-order chi connectivity index (χ0) is 38.3. The van der Waals surface area contributed by atoms with Gasteiger partial charge in [-0.15, -0.1) is 0 Å². The monoisotopic (exact) mass is 738 g/mol. The highest BCUT2D eigenvalue weighted by Gasteiger charge is 2.33. The number of amides is 3. The van der Waals surface area contributed by atoms with Gasteiger partial charge in [-0.2, -0.15) is 0 Å². The van der Waals surface area contributed by atoms with Crippen molar-refractivity contribution in [3.05, 3.63) is 114 Å². The predicted octanol–water partition coefficient (Wildman–Crippen LogP) is 1.86. The summed E-state index contributed by atoms with van der Waals surface area (Å²) < 4.78 is 30.8. The van der Waals surface area contributed by atoms with E-state index in [0.29, 0.717) is 5.56 Å². The molecular weight excluding hydrogens is 696 g/mol. The Morgan fingerprint density at radius 2 is 1.29 bits per heavy atom. The molecule has 0 radical (unpaired) electrons. The van der Waals surface area contributed by atoms with Crippen molar-refractivity contribution in [2.24, 2.45) is 5.92 Å². The van der Waals surface area contributed by atoms with Gasteiger partial charge in [-0.3, -0.25) is 29.3 Å². The molecule has 5 atom stereocenters. The standard InChI is InChI=1S/C36H42N4O11S/c1-23(2)31(34(46)37-26(20-29(41)42)18-19-52(49,50)27-16-10-5-11-17-27)39-35(47)32(25-14-8-4-9-15-25)40-33(45)28(21-30(43)44)38-36(48)51-22-24-12-6-3-7-13-24/h3-19,23,26,28,31-32,36,38,48H,20-22H2,1-2H3,(H,37,46)(H,39,47)(H,40,45)(H,41,42)(H,43,44)/b19-18+/t26-,28+,31+,32+,36?/m1/s1. The molecule has 3 amide bonds. The third kappa shape index (κ3) is 13.4. The van der Waals surface area contributed by atoms with Crippen molar-refractivity contribution in [3.8, 4) is 0 Å². The van der Waals surface area contributed by atoms with E-state index in [-0.39, 0.29) is 17.1 Å². The van der Waals surface area contributed by atoms with Gasteiger partial charge in [0.1, 0.15) is 18.1 Å². The van der Waals surface area contributed by atoms with E-state index in [2.05, 4.69) is 21.3 Å². The molecule has 52 heavy (non-hydrogen) atoms. The Morgan fingerprint density at radius 3 is 1.85 bits per heavy atom. The lowest BCUT2D eigenvalue weighted by atomic mass is 10.00. The summed E-state index contributed by atoms with van der Waals surface area (Å²) in [5.74, 6) is -5.99. The van der Waals surface area contributed by atoms with Gasteiger partial charge in [-0.1, -0.05) is 92.7 Å². The number of rotatable bonds is 20. The first-order valence-corrected chi connectivity index (χ1v) is 17.7. The van der Waals surface area contributed by atoms with E-state index in [0.717, 1.165) is 11.5 Å². The summed E-state index contributed by atoms with van der Waals surface area (Å²) in [6, 6.07) is 18.4. The van der Waals surface area contributed by atoms with E-state index in [9.17, 15) is 47.7 Å². The van der Waals surface area contributed by atoms with Gasteiger partial charge in [0.05, 0.1) is 30.4 Å². The Labute approximate surface area is 301 Å². The van der Waals surface area contributed by atoms with E-state index < -0.39 is 88.8 Å². The lowest BCUT2D eigenvalue weighted by Gasteiger charge is -2.28. The number of carboxylic acids is 2. The molecule has 0 aromatic heterocycles. The fourth-order valence-electron chi connectivity index (χ4n) is 4.85. The van der Waals surface area contributed by atoms with Crippen LogP contribution in [0.15, 0.2) is 107 Å². The third-order valence-corrected chi connectivity index (χ3v) is 8.95. The summed E-state index contributed by atoms with van der Waals surface area (Å²) in [5.41, 5.74) is 0.971. The fraction of sp³-hybridized carbons (Fsp3) is 0.306. The van der Waals surface area contributed by atoms with Crippen molar-refractivity contribution in [3.63, 3.8) is 0 Å². The van der Waals surface area contributed by atoms with Crippen molar-refractivity contribution >= 4 is 39.5 Å². The van der Waals surface area contributed by atoms with Crippen LogP contribution < -0.4 is 21.3 Å². The summed E-state index contributed by atoms with van der Waals surface area (Å²) in [5, 5.41) is 40.1. The Hall–Kier alpha value is -5.42. The topological polar surface area (TPSA) is 238 Å². The Balaban J connectivity index is 1.79. The van der Waals surface area contributed by atoms with Crippen LogP contribution in [0.25, 0.3) is 0 Å². The molecule has 278 valence electrons. The number of carboxylic acid groups (broad SMARTS) is 2. The Kier molecular flexibility index (Phi) is 15.6. The number of carbonyl (C=O) groups excluding carboxylic acids is 3. The summed E-state index contributed by atoms with van der Waals surface area (Å²) in [6.07, 6.45) is -2.19. The second-order valence-corrected chi connectivity index (χ2v) is 13.8. The van der Waals surface area contributed by atoms with Gasteiger partial charge < -0.3 is 36.0 Å². The number of hydrogen-bond donors (Lipinski definition) is 7. The number of nitrogens with one attached hydrogen (secondary N) is 4. The van der Waals surface area contributed by atoms with Crippen LogP contribution in [-0.2, 0) is 45.2 Å². The summed E-state index contributed by atoms with van der Waals surface area (Å²) in [7, 11) is -3.97. The minimum absolute atomic E-state index is 0.0389. The van der Waals surface area contributed by atoms with Crippen LogP contribution in [0.4, 0.5) is 0 Å². The fourth-order valence-corrected chi connectivity index (χ4v) is 5.94. The zero-order valence-electron chi connectivity index (χ0n) is 28.4. The predicted molar refractivity (Wildman–Crippen MR) is 187 cm³/mol. The summed E-state index contributed by atoms with van der Waals surface area (Å²) in [4.78, 5) is 64.0. The van der Waals surface area contributed by atoms with Gasteiger partial charge in [-0.25, -0.2) is 8.42 Å². The van der Waals surface area contributed by atoms with E-state index in [1.807, 2.05) is 0 Å². The number of carbonyl (C=O) groups is 5. The molecule has 16 heteroatoms. The Morgan fingerprint density at radius 1 is 0.731 bits per heavy atom. The van der Waals surface area contributed by atoms with Crippen LogP contribution in [0, 0.1) is 5.92 Å². The molecule has 0 aliphatic rings. The first-order chi connectivity index (χ1) is 24.7. The van der Waals surface area contributed by atoms with Crippen molar-refractivity contribution in [1.29, 1.82) is 0 Å². The molecule has 15 nitrogen and oxygen atoms in total. The molecule has 0 heterocycles. The van der Waals surface area contributed by atoms with Gasteiger partial charge in [0.25, 0.3) is 0 Å². The van der Waals surface area contributed by atoms with Crippen molar-refractivity contribution in [2.75, 3.05) is 0 Å². The second kappa shape index (κ2) is 19.8. The maximum atomic E-state index is 13.8. The summed E-state index contributed by atoms with van der Waals surface area (Å²) in [6.45, 7) is 3.15. The molecule has 0 aliphatic heterocycles. The molecule has 0 bridgehead atoms. The van der Waals surface area contributed by atoms with E-state index in [1.165, 1.54) is 36.4 Å². The molecule has 0 saturated carbocycles. The summed E-state index contributed by atoms with van der Waals surface area (Å²) >= 11 is 0. The Bertz CT molecular complexity index is 1790. The largest absolute Gasteiger partial charge is 0.481 e. The van der Waals surface area contributed by atoms with E-state index in [1.54, 1.807) is 68.4 Å². The average Bonchev–Trinajstić information content (AvgIpc) is 3.11. The minimum atomic E-state index is -3.97. The molecule has 1 unspecified atom stereocenters. The quantitative estimate of drug-likeness (QED) is 0.0823. The van der Waals surface area contributed by atoms with Crippen molar-refractivity contribution in [1.82, 2.24) is 21.3 Å². The molecule has 3 aromatic rings. The SMILES string of the molecule is CC(C)[C@H](NC(=O)[C@@H](NC(=O)[C@H](CC(=O)O)NC(O)OCc1ccccc1)c1ccccc1)C(=O)N[C@H](/C=C/S(=O)(=O)c1ccccc1)CC(=O)O.